The number of carbonyl (C=O) groups excluding carboxylic acids is 1. The first kappa shape index (κ1) is 18.6. The van der Waals surface area contributed by atoms with Crippen LogP contribution in [0.2, 0.25) is 5.02 Å². The molecule has 1 fully saturated rings. The van der Waals surface area contributed by atoms with Crippen molar-refractivity contribution in [3.8, 4) is 11.6 Å². The molecule has 7 nitrogen and oxygen atoms in total. The molecule has 0 radical (unpaired) electrons. The SMILES string of the molecule is O=C(Nc1ccc(F)c(Cl)c1)N1CC[C@@H](n2c(-c3ccco3)nc3cccnc32)C1. The molecule has 9 heteroatoms. The van der Waals surface area contributed by atoms with E-state index in [4.69, 9.17) is 21.0 Å². The Kier molecular flexibility index (Phi) is 4.63. The molecule has 152 valence electrons. The van der Waals surface area contributed by atoms with Gasteiger partial charge in [-0.25, -0.2) is 19.2 Å². The second-order valence-electron chi connectivity index (χ2n) is 7.08. The lowest BCUT2D eigenvalue weighted by Crippen LogP contribution is -2.33. The number of rotatable bonds is 3. The summed E-state index contributed by atoms with van der Waals surface area (Å²) in [5, 5.41) is 2.74. The minimum absolute atomic E-state index is 0.00689. The third-order valence-electron chi connectivity index (χ3n) is 5.18. The molecule has 0 bridgehead atoms. The van der Waals surface area contributed by atoms with E-state index in [0.29, 0.717) is 30.4 Å². The summed E-state index contributed by atoms with van der Waals surface area (Å²) in [5.41, 5.74) is 1.97. The normalized spacial score (nSPS) is 16.3. The first-order valence-corrected chi connectivity index (χ1v) is 9.86. The van der Waals surface area contributed by atoms with Crippen molar-refractivity contribution in [2.24, 2.45) is 0 Å². The van der Waals surface area contributed by atoms with Gasteiger partial charge in [0.1, 0.15) is 11.3 Å². The van der Waals surface area contributed by atoms with Crippen LogP contribution in [0.5, 0.6) is 0 Å². The maximum absolute atomic E-state index is 13.4. The van der Waals surface area contributed by atoms with Crippen molar-refractivity contribution < 1.29 is 13.6 Å². The van der Waals surface area contributed by atoms with Crippen LogP contribution in [0.25, 0.3) is 22.7 Å². The number of pyridine rings is 1. The Morgan fingerprint density at radius 1 is 1.27 bits per heavy atom. The van der Waals surface area contributed by atoms with E-state index in [1.165, 1.54) is 18.2 Å². The molecule has 1 aliphatic rings. The van der Waals surface area contributed by atoms with Gasteiger partial charge in [-0.1, -0.05) is 11.6 Å². The largest absolute Gasteiger partial charge is 0.461 e. The number of urea groups is 1. The molecule has 1 N–H and O–H groups in total. The number of halogens is 2. The summed E-state index contributed by atoms with van der Waals surface area (Å²) in [7, 11) is 0. The van der Waals surface area contributed by atoms with Gasteiger partial charge in [-0.05, 0) is 48.9 Å². The number of imidazole rings is 1. The molecule has 0 unspecified atom stereocenters. The second-order valence-corrected chi connectivity index (χ2v) is 7.48. The monoisotopic (exact) mass is 425 g/mol. The molecule has 0 spiro atoms. The summed E-state index contributed by atoms with van der Waals surface area (Å²) in [6.07, 6.45) is 4.08. The number of benzene rings is 1. The Hall–Kier alpha value is -3.39. The highest BCUT2D eigenvalue weighted by Gasteiger charge is 2.31. The number of anilines is 1. The molecule has 0 saturated carbocycles. The van der Waals surface area contributed by atoms with Crippen molar-refractivity contribution in [1.82, 2.24) is 19.4 Å². The number of furan rings is 1. The van der Waals surface area contributed by atoms with Gasteiger partial charge in [0.2, 0.25) is 0 Å². The van der Waals surface area contributed by atoms with Crippen molar-refractivity contribution in [3.63, 3.8) is 0 Å². The number of fused-ring (bicyclic) bond motifs is 1. The molecule has 3 aromatic heterocycles. The van der Waals surface area contributed by atoms with Crippen LogP contribution >= 0.6 is 11.6 Å². The van der Waals surface area contributed by atoms with Gasteiger partial charge < -0.3 is 19.2 Å². The zero-order valence-corrected chi connectivity index (χ0v) is 16.5. The molecule has 1 atom stereocenters. The van der Waals surface area contributed by atoms with Crippen LogP contribution in [-0.4, -0.2) is 38.6 Å². The van der Waals surface area contributed by atoms with E-state index in [1.54, 1.807) is 17.4 Å². The van der Waals surface area contributed by atoms with E-state index >= 15 is 0 Å². The molecule has 1 aliphatic heterocycles. The van der Waals surface area contributed by atoms with Gasteiger partial charge in [0.25, 0.3) is 0 Å². The summed E-state index contributed by atoms with van der Waals surface area (Å²) >= 11 is 5.80. The number of likely N-dealkylation sites (tertiary alicyclic amines) is 1. The van der Waals surface area contributed by atoms with Crippen molar-refractivity contribution in [3.05, 3.63) is 65.8 Å². The quantitative estimate of drug-likeness (QED) is 0.503. The zero-order valence-electron chi connectivity index (χ0n) is 15.8. The van der Waals surface area contributed by atoms with E-state index < -0.39 is 5.82 Å². The molecule has 2 amide bonds. The Morgan fingerprint density at radius 2 is 2.17 bits per heavy atom. The van der Waals surface area contributed by atoms with Gasteiger partial charge in [-0.2, -0.15) is 0 Å². The van der Waals surface area contributed by atoms with Crippen LogP contribution in [0.1, 0.15) is 12.5 Å². The van der Waals surface area contributed by atoms with Crippen LogP contribution in [0.4, 0.5) is 14.9 Å². The molecule has 4 heterocycles. The number of nitrogens with zero attached hydrogens (tertiary/aromatic N) is 4. The molecule has 30 heavy (non-hydrogen) atoms. The van der Waals surface area contributed by atoms with Crippen molar-refractivity contribution in [2.45, 2.75) is 12.5 Å². The van der Waals surface area contributed by atoms with E-state index in [-0.39, 0.29) is 17.1 Å². The number of aromatic nitrogens is 3. The number of amides is 2. The molecule has 5 rings (SSSR count). The molecule has 4 aromatic rings. The fourth-order valence-corrected chi connectivity index (χ4v) is 3.95. The van der Waals surface area contributed by atoms with Gasteiger partial charge >= 0.3 is 6.03 Å². The topological polar surface area (TPSA) is 76.2 Å². The fraction of sp³-hybridized carbons (Fsp3) is 0.190. The van der Waals surface area contributed by atoms with Gasteiger partial charge in [0.15, 0.2) is 17.2 Å². The lowest BCUT2D eigenvalue weighted by Gasteiger charge is -2.19. The van der Waals surface area contributed by atoms with Crippen molar-refractivity contribution in [1.29, 1.82) is 0 Å². The van der Waals surface area contributed by atoms with Gasteiger partial charge in [0, 0.05) is 25.0 Å². The van der Waals surface area contributed by atoms with Gasteiger partial charge in [-0.15, -0.1) is 0 Å². The summed E-state index contributed by atoms with van der Waals surface area (Å²) < 4.78 is 21.0. The molecule has 1 saturated heterocycles. The second kappa shape index (κ2) is 7.46. The van der Waals surface area contributed by atoms with E-state index in [0.717, 1.165) is 17.6 Å². The first-order valence-electron chi connectivity index (χ1n) is 9.48. The number of hydrogen-bond donors (Lipinski definition) is 1. The average molecular weight is 426 g/mol. The van der Waals surface area contributed by atoms with E-state index in [1.807, 2.05) is 28.8 Å². The van der Waals surface area contributed by atoms with Crippen molar-refractivity contribution >= 4 is 34.5 Å². The molecule has 0 aliphatic carbocycles. The Labute approximate surface area is 176 Å². The predicted molar refractivity (Wildman–Crippen MR) is 111 cm³/mol. The summed E-state index contributed by atoms with van der Waals surface area (Å²) in [5.74, 6) is 0.809. The van der Waals surface area contributed by atoms with Crippen LogP contribution in [0.15, 0.2) is 59.3 Å². The van der Waals surface area contributed by atoms with Crippen LogP contribution in [-0.2, 0) is 0 Å². The number of carbonyl (C=O) groups is 1. The Morgan fingerprint density at radius 3 is 2.97 bits per heavy atom. The number of nitrogens with one attached hydrogen (secondary N) is 1. The van der Waals surface area contributed by atoms with Crippen LogP contribution < -0.4 is 5.32 Å². The first-order chi connectivity index (χ1) is 14.6. The van der Waals surface area contributed by atoms with Crippen molar-refractivity contribution in [2.75, 3.05) is 18.4 Å². The third-order valence-corrected chi connectivity index (χ3v) is 5.47. The maximum atomic E-state index is 13.4. The molecule has 1 aromatic carbocycles. The van der Waals surface area contributed by atoms with Gasteiger partial charge in [-0.3, -0.25) is 0 Å². The standard InChI is InChI=1S/C21H17ClFN5O2/c22-15-11-13(5-6-16(15)23)25-21(29)27-9-7-14(12-27)28-19-17(3-1-8-24-19)26-20(28)18-4-2-10-30-18/h1-6,8,10-11,14H,7,9,12H2,(H,25,29)/t14-/m1/s1. The Bertz CT molecular complexity index is 1220. The summed E-state index contributed by atoms with van der Waals surface area (Å²) in [6.45, 7) is 1.05. The molecular formula is C21H17ClFN5O2. The highest BCUT2D eigenvalue weighted by Crippen LogP contribution is 2.32. The maximum Gasteiger partial charge on any atom is 0.321 e. The summed E-state index contributed by atoms with van der Waals surface area (Å²) in [4.78, 5) is 23.6. The minimum Gasteiger partial charge on any atom is -0.461 e. The van der Waals surface area contributed by atoms with Gasteiger partial charge in [0.05, 0.1) is 17.3 Å². The third kappa shape index (κ3) is 3.29. The predicted octanol–water partition coefficient (Wildman–Crippen LogP) is 4.96. The van der Waals surface area contributed by atoms with E-state index in [9.17, 15) is 9.18 Å². The van der Waals surface area contributed by atoms with Crippen LogP contribution in [0, 0.1) is 5.82 Å². The van der Waals surface area contributed by atoms with Crippen LogP contribution in [0.3, 0.4) is 0 Å². The fourth-order valence-electron chi connectivity index (χ4n) is 3.77. The van der Waals surface area contributed by atoms with E-state index in [2.05, 4.69) is 10.3 Å². The lowest BCUT2D eigenvalue weighted by molar-refractivity contribution is 0.221. The molecular weight excluding hydrogens is 409 g/mol. The minimum atomic E-state index is -0.527. The smallest absolute Gasteiger partial charge is 0.321 e. The highest BCUT2D eigenvalue weighted by atomic mass is 35.5. The lowest BCUT2D eigenvalue weighted by atomic mass is 10.2. The average Bonchev–Trinajstić information content (AvgIpc) is 3.49. The zero-order chi connectivity index (χ0) is 20.7. The highest BCUT2D eigenvalue weighted by molar-refractivity contribution is 6.31. The number of hydrogen-bond acceptors (Lipinski definition) is 4. The summed E-state index contributed by atoms with van der Waals surface area (Å²) in [6, 6.07) is 11.2. The Balaban J connectivity index is 1.40.